The SMILES string of the molecule is COCCOc1ccc(NS(=O)(=O)c2cc(/N=N/c3ccc([N+](=O)[O-])cc3S(C)(=O)=O)c3c(NS(C)(=O)=O)cccc3c2O)cc1S(=O)(=O)[O-].[Na+]. The van der Waals surface area contributed by atoms with Gasteiger partial charge in [-0.2, -0.15) is 0 Å². The minimum atomic E-state index is -5.20. The molecule has 0 saturated carbocycles. The number of methoxy groups -OCH3 is 1. The van der Waals surface area contributed by atoms with Gasteiger partial charge in [-0.3, -0.25) is 19.6 Å². The van der Waals surface area contributed by atoms with Gasteiger partial charge in [0.15, 0.2) is 9.84 Å². The Morgan fingerprint density at radius 2 is 1.49 bits per heavy atom. The van der Waals surface area contributed by atoms with Gasteiger partial charge in [0.1, 0.15) is 43.7 Å². The molecule has 0 bridgehead atoms. The molecule has 0 atom stereocenters. The third-order valence-corrected chi connectivity index (χ3v) is 10.5. The number of rotatable bonds is 14. The Labute approximate surface area is 313 Å². The van der Waals surface area contributed by atoms with Gasteiger partial charge in [-0.15, -0.1) is 10.2 Å². The first-order valence-corrected chi connectivity index (χ1v) is 20.2. The van der Waals surface area contributed by atoms with Crippen LogP contribution in [0.15, 0.2) is 85.6 Å². The molecule has 0 aromatic heterocycles. The van der Waals surface area contributed by atoms with Crippen molar-refractivity contribution in [1.29, 1.82) is 0 Å². The van der Waals surface area contributed by atoms with Gasteiger partial charge in [0, 0.05) is 36.3 Å². The molecule has 24 heteroatoms. The van der Waals surface area contributed by atoms with Crippen LogP contribution in [-0.4, -0.2) is 81.1 Å². The van der Waals surface area contributed by atoms with E-state index in [9.17, 15) is 53.4 Å². The van der Waals surface area contributed by atoms with Crippen LogP contribution in [0.4, 0.5) is 28.4 Å². The maximum absolute atomic E-state index is 13.7. The van der Waals surface area contributed by atoms with Gasteiger partial charge in [0.05, 0.1) is 39.7 Å². The molecule has 19 nitrogen and oxygen atoms in total. The zero-order valence-corrected chi connectivity index (χ0v) is 32.2. The maximum Gasteiger partial charge on any atom is 1.00 e. The molecule has 268 valence electrons. The Bertz CT molecular complexity index is 2490. The fourth-order valence-corrected chi connectivity index (χ4v) is 7.64. The number of sulfone groups is 1. The van der Waals surface area contributed by atoms with Crippen molar-refractivity contribution >= 4 is 79.2 Å². The number of azo groups is 1. The van der Waals surface area contributed by atoms with E-state index >= 15 is 0 Å². The minimum Gasteiger partial charge on any atom is -0.744 e. The van der Waals surface area contributed by atoms with Crippen molar-refractivity contribution in [2.24, 2.45) is 10.2 Å². The Balaban J connectivity index is 0.00000702. The summed E-state index contributed by atoms with van der Waals surface area (Å²) in [4.78, 5) is 8.01. The molecule has 0 heterocycles. The summed E-state index contributed by atoms with van der Waals surface area (Å²) in [5.74, 6) is -1.31. The second kappa shape index (κ2) is 15.7. The standard InChI is InChI=1S/C27H27N5O14S4.Na/c1-45-11-12-46-22-10-7-16(13-24(22)50(42,43)44)30-49(40,41)25-15-21(26-18(27(25)33)5-4-6-20(26)31-48(3,38)39)29-28-19-9-8-17(32(34)35)14-23(19)47(2,36)37;/h4-10,13-15,30-31,33H,11-12H2,1-3H3,(H,42,43,44);/q;+1/p-1/b29-28+;. The van der Waals surface area contributed by atoms with E-state index < -0.39 is 88.1 Å². The van der Waals surface area contributed by atoms with Crippen LogP contribution in [0, 0.1) is 10.1 Å². The Kier molecular flexibility index (Phi) is 12.8. The summed E-state index contributed by atoms with van der Waals surface area (Å²) in [5, 5.41) is 29.8. The zero-order valence-electron chi connectivity index (χ0n) is 26.9. The molecule has 51 heavy (non-hydrogen) atoms. The first kappa shape index (κ1) is 41.5. The largest absolute Gasteiger partial charge is 1.00 e. The number of nitro benzene ring substituents is 1. The molecule has 3 N–H and O–H groups in total. The topological polar surface area (TPSA) is 290 Å². The number of nitrogens with one attached hydrogen (secondary N) is 2. The smallest absolute Gasteiger partial charge is 0.744 e. The third-order valence-electron chi connectivity index (χ3n) is 6.49. The Morgan fingerprint density at radius 1 is 0.824 bits per heavy atom. The minimum absolute atomic E-state index is 0. The summed E-state index contributed by atoms with van der Waals surface area (Å²) >= 11 is 0. The van der Waals surface area contributed by atoms with Crippen molar-refractivity contribution in [2.45, 2.75) is 14.7 Å². The van der Waals surface area contributed by atoms with E-state index in [1.54, 1.807) is 0 Å². The molecule has 0 amide bonds. The third kappa shape index (κ3) is 10.1. The number of nitrogens with zero attached hydrogens (tertiary/aromatic N) is 3. The van der Waals surface area contributed by atoms with Crippen molar-refractivity contribution in [3.63, 3.8) is 0 Å². The zero-order chi connectivity index (χ0) is 37.2. The molecule has 0 aliphatic carbocycles. The number of hydrogen-bond acceptors (Lipinski definition) is 16. The van der Waals surface area contributed by atoms with Crippen molar-refractivity contribution in [2.75, 3.05) is 42.3 Å². The van der Waals surface area contributed by atoms with Crippen molar-refractivity contribution < 1.29 is 87.3 Å². The molecule has 0 radical (unpaired) electrons. The van der Waals surface area contributed by atoms with Crippen LogP contribution < -0.4 is 43.7 Å². The second-order valence-electron chi connectivity index (χ2n) is 10.3. The van der Waals surface area contributed by atoms with Gasteiger partial charge in [-0.1, -0.05) is 12.1 Å². The Morgan fingerprint density at radius 3 is 2.08 bits per heavy atom. The fraction of sp³-hybridized carbons (Fsp3) is 0.185. The summed E-state index contributed by atoms with van der Waals surface area (Å²) in [6.07, 6.45) is 1.57. The number of nitro groups is 1. The van der Waals surface area contributed by atoms with Gasteiger partial charge in [-0.05, 0) is 36.4 Å². The van der Waals surface area contributed by atoms with Crippen LogP contribution in [0.1, 0.15) is 0 Å². The van der Waals surface area contributed by atoms with E-state index in [1.165, 1.54) is 25.3 Å². The number of sulfonamides is 2. The quantitative estimate of drug-likeness (QED) is 0.0388. The predicted molar refractivity (Wildman–Crippen MR) is 177 cm³/mol. The van der Waals surface area contributed by atoms with E-state index in [2.05, 4.69) is 15.0 Å². The van der Waals surface area contributed by atoms with E-state index in [-0.39, 0.29) is 65.0 Å². The van der Waals surface area contributed by atoms with Gasteiger partial charge in [0.25, 0.3) is 15.7 Å². The number of hydrogen-bond donors (Lipinski definition) is 3. The van der Waals surface area contributed by atoms with Crippen LogP contribution >= 0.6 is 0 Å². The molecule has 0 spiro atoms. The molecular formula is C27H26N5NaO14S4. The molecule has 0 aliphatic rings. The van der Waals surface area contributed by atoms with Gasteiger partial charge >= 0.3 is 29.6 Å². The first-order chi connectivity index (χ1) is 23.1. The van der Waals surface area contributed by atoms with Crippen LogP contribution in [-0.2, 0) is 44.7 Å². The monoisotopic (exact) mass is 795 g/mol. The molecule has 4 aromatic carbocycles. The second-order valence-corrected chi connectivity index (χ2v) is 17.0. The van der Waals surface area contributed by atoms with Crippen LogP contribution in [0.25, 0.3) is 10.8 Å². The van der Waals surface area contributed by atoms with Crippen LogP contribution in [0.3, 0.4) is 0 Å². The van der Waals surface area contributed by atoms with E-state index in [0.717, 1.165) is 48.9 Å². The van der Waals surface area contributed by atoms with Crippen molar-refractivity contribution in [3.05, 3.63) is 70.8 Å². The normalized spacial score (nSPS) is 12.4. The first-order valence-electron chi connectivity index (χ1n) is 13.5. The van der Waals surface area contributed by atoms with Crippen LogP contribution in [0.5, 0.6) is 11.5 Å². The van der Waals surface area contributed by atoms with E-state index in [4.69, 9.17) is 9.47 Å². The van der Waals surface area contributed by atoms with E-state index in [0.29, 0.717) is 6.07 Å². The number of anilines is 2. The van der Waals surface area contributed by atoms with Gasteiger partial charge in [-0.25, -0.2) is 33.7 Å². The molecule has 0 fully saturated rings. The molecular weight excluding hydrogens is 770 g/mol. The molecule has 4 rings (SSSR count). The number of benzene rings is 4. The molecule has 4 aromatic rings. The average Bonchev–Trinajstić information content (AvgIpc) is 2.99. The van der Waals surface area contributed by atoms with Crippen molar-refractivity contribution in [1.82, 2.24) is 0 Å². The Hall–Kier alpha value is -3.94. The summed E-state index contributed by atoms with van der Waals surface area (Å²) in [6.45, 7) is -0.108. The summed E-state index contributed by atoms with van der Waals surface area (Å²) in [7, 11) is -16.9. The summed E-state index contributed by atoms with van der Waals surface area (Å²) < 4.78 is 127. The number of phenolic OH excluding ortho intramolecular Hbond substituents is 1. The summed E-state index contributed by atoms with van der Waals surface area (Å²) in [5.41, 5.74) is -2.08. The summed E-state index contributed by atoms with van der Waals surface area (Å²) in [6, 6.07) is 9.92. The maximum atomic E-state index is 13.7. The number of fused-ring (bicyclic) bond motifs is 1. The number of phenols is 1. The number of ether oxygens (including phenoxy) is 2. The average molecular weight is 796 g/mol. The van der Waals surface area contributed by atoms with Crippen LogP contribution in [0.2, 0.25) is 0 Å². The van der Waals surface area contributed by atoms with Crippen molar-refractivity contribution in [3.8, 4) is 11.5 Å². The van der Waals surface area contributed by atoms with E-state index in [1.807, 2.05) is 4.72 Å². The van der Waals surface area contributed by atoms with Gasteiger partial charge in [0.2, 0.25) is 10.0 Å². The molecule has 0 aliphatic heterocycles. The number of non-ortho nitro benzene ring substituents is 1. The molecule has 0 unspecified atom stereocenters. The fourth-order valence-electron chi connectivity index (χ4n) is 4.43. The number of aromatic hydroxyl groups is 1. The molecule has 0 saturated heterocycles. The van der Waals surface area contributed by atoms with Gasteiger partial charge < -0.3 is 19.1 Å². The predicted octanol–water partition coefficient (Wildman–Crippen LogP) is 0.378.